The quantitative estimate of drug-likeness (QED) is 0.541. The van der Waals surface area contributed by atoms with Gasteiger partial charge in [0.25, 0.3) is 0 Å². The molecular formula is C13H16LiNO2. The van der Waals surface area contributed by atoms with E-state index in [0.29, 0.717) is 0 Å². The van der Waals surface area contributed by atoms with Crippen molar-refractivity contribution in [2.24, 2.45) is 5.92 Å². The molecule has 1 aromatic carbocycles. The summed E-state index contributed by atoms with van der Waals surface area (Å²) >= 11 is 0. The molecule has 0 aliphatic carbocycles. The Morgan fingerprint density at radius 1 is 1.24 bits per heavy atom. The van der Waals surface area contributed by atoms with Gasteiger partial charge in [-0.15, -0.1) is 0 Å². The Balaban J connectivity index is 0.00000144. The fraction of sp³-hybridized carbons (Fsp3) is 0.462. The van der Waals surface area contributed by atoms with Crippen LogP contribution in [0.25, 0.3) is 0 Å². The molecule has 2 rings (SSSR count). The second-order valence-corrected chi connectivity index (χ2v) is 4.36. The molecule has 0 unspecified atom stereocenters. The minimum atomic E-state index is -0.889. The van der Waals surface area contributed by atoms with Crippen LogP contribution in [0.2, 0.25) is 0 Å². The Morgan fingerprint density at radius 3 is 2.35 bits per heavy atom. The third-order valence-corrected chi connectivity index (χ3v) is 3.17. The molecule has 1 heterocycles. The Morgan fingerprint density at radius 2 is 1.82 bits per heavy atom. The van der Waals surface area contributed by atoms with E-state index >= 15 is 0 Å². The van der Waals surface area contributed by atoms with E-state index in [0.717, 1.165) is 32.5 Å². The van der Waals surface area contributed by atoms with Gasteiger partial charge in [-0.25, -0.2) is 0 Å². The summed E-state index contributed by atoms with van der Waals surface area (Å²) < 4.78 is 0. The van der Waals surface area contributed by atoms with Crippen LogP contribution in [0.4, 0.5) is 0 Å². The predicted octanol–water partition coefficient (Wildman–Crippen LogP) is -2.35. The van der Waals surface area contributed by atoms with Crippen molar-refractivity contribution >= 4 is 5.97 Å². The molecule has 86 valence electrons. The van der Waals surface area contributed by atoms with E-state index in [1.807, 2.05) is 18.2 Å². The number of carbonyl (C=O) groups excluding carboxylic acids is 1. The van der Waals surface area contributed by atoms with Gasteiger partial charge >= 0.3 is 18.9 Å². The zero-order chi connectivity index (χ0) is 11.4. The molecular weight excluding hydrogens is 209 g/mol. The van der Waals surface area contributed by atoms with Gasteiger partial charge in [-0.1, -0.05) is 30.3 Å². The summed E-state index contributed by atoms with van der Waals surface area (Å²) in [7, 11) is 0. The third-order valence-electron chi connectivity index (χ3n) is 3.17. The van der Waals surface area contributed by atoms with Gasteiger partial charge < -0.3 is 9.90 Å². The zero-order valence-corrected chi connectivity index (χ0v) is 10.3. The maximum absolute atomic E-state index is 10.7. The zero-order valence-electron chi connectivity index (χ0n) is 10.3. The van der Waals surface area contributed by atoms with Crippen LogP contribution >= 0.6 is 0 Å². The van der Waals surface area contributed by atoms with Crippen LogP contribution in [0.5, 0.6) is 0 Å². The SMILES string of the molecule is O=C([O-])C1CCN(Cc2ccccc2)CC1.[Li+]. The van der Waals surface area contributed by atoms with Crippen LogP contribution in [-0.4, -0.2) is 24.0 Å². The first-order valence-corrected chi connectivity index (χ1v) is 5.73. The van der Waals surface area contributed by atoms with Crippen molar-refractivity contribution in [3.05, 3.63) is 35.9 Å². The normalized spacial score (nSPS) is 17.4. The Kier molecular flexibility index (Phi) is 5.77. The van der Waals surface area contributed by atoms with E-state index in [1.165, 1.54) is 5.56 Å². The average Bonchev–Trinajstić information content (AvgIpc) is 2.31. The summed E-state index contributed by atoms with van der Waals surface area (Å²) in [4.78, 5) is 13.0. The molecule has 1 fully saturated rings. The molecule has 0 atom stereocenters. The Hall–Kier alpha value is -0.753. The molecule has 0 saturated carbocycles. The van der Waals surface area contributed by atoms with Crippen molar-refractivity contribution in [1.82, 2.24) is 4.90 Å². The number of carbonyl (C=O) groups is 1. The van der Waals surface area contributed by atoms with Crippen molar-refractivity contribution < 1.29 is 28.8 Å². The second kappa shape index (κ2) is 6.86. The topological polar surface area (TPSA) is 43.4 Å². The minimum Gasteiger partial charge on any atom is -0.550 e. The molecule has 0 spiro atoms. The second-order valence-electron chi connectivity index (χ2n) is 4.36. The van der Waals surface area contributed by atoms with Crippen LogP contribution in [-0.2, 0) is 11.3 Å². The molecule has 1 aliphatic rings. The van der Waals surface area contributed by atoms with Crippen molar-refractivity contribution in [1.29, 1.82) is 0 Å². The van der Waals surface area contributed by atoms with Crippen LogP contribution < -0.4 is 24.0 Å². The molecule has 1 aliphatic heterocycles. The fourth-order valence-electron chi connectivity index (χ4n) is 2.17. The van der Waals surface area contributed by atoms with Gasteiger partial charge in [0.05, 0.1) is 0 Å². The van der Waals surface area contributed by atoms with E-state index in [-0.39, 0.29) is 24.8 Å². The molecule has 0 amide bonds. The van der Waals surface area contributed by atoms with Crippen molar-refractivity contribution in [3.63, 3.8) is 0 Å². The van der Waals surface area contributed by atoms with E-state index in [2.05, 4.69) is 17.0 Å². The number of nitrogens with zero attached hydrogens (tertiary/aromatic N) is 1. The van der Waals surface area contributed by atoms with E-state index in [1.54, 1.807) is 0 Å². The van der Waals surface area contributed by atoms with Crippen LogP contribution in [0.3, 0.4) is 0 Å². The maximum atomic E-state index is 10.7. The fourth-order valence-corrected chi connectivity index (χ4v) is 2.17. The number of carboxylic acids is 1. The summed E-state index contributed by atoms with van der Waals surface area (Å²) in [6.07, 6.45) is 1.43. The van der Waals surface area contributed by atoms with Gasteiger partial charge in [-0.2, -0.15) is 0 Å². The number of rotatable bonds is 3. The average molecular weight is 225 g/mol. The molecule has 0 N–H and O–H groups in total. The maximum Gasteiger partial charge on any atom is 1.00 e. The summed E-state index contributed by atoms with van der Waals surface area (Å²) in [5.74, 6) is -1.13. The molecule has 4 heteroatoms. The van der Waals surface area contributed by atoms with E-state index < -0.39 is 5.97 Å². The van der Waals surface area contributed by atoms with Crippen molar-refractivity contribution in [2.45, 2.75) is 19.4 Å². The molecule has 0 radical (unpaired) electrons. The van der Waals surface area contributed by atoms with Gasteiger partial charge in [0.1, 0.15) is 0 Å². The van der Waals surface area contributed by atoms with Crippen LogP contribution in [0, 0.1) is 5.92 Å². The van der Waals surface area contributed by atoms with Gasteiger partial charge in [-0.05, 0) is 31.5 Å². The van der Waals surface area contributed by atoms with Gasteiger partial charge in [-0.3, -0.25) is 4.90 Å². The number of aliphatic carboxylic acids is 1. The smallest absolute Gasteiger partial charge is 0.550 e. The van der Waals surface area contributed by atoms with Crippen LogP contribution in [0.15, 0.2) is 30.3 Å². The summed E-state index contributed by atoms with van der Waals surface area (Å²) in [5.41, 5.74) is 1.29. The summed E-state index contributed by atoms with van der Waals surface area (Å²) in [6, 6.07) is 10.3. The monoisotopic (exact) mass is 225 g/mol. The van der Waals surface area contributed by atoms with Gasteiger partial charge in [0, 0.05) is 18.4 Å². The number of benzene rings is 1. The number of hydrogen-bond donors (Lipinski definition) is 0. The first-order chi connectivity index (χ1) is 7.75. The van der Waals surface area contributed by atoms with Crippen molar-refractivity contribution in [2.75, 3.05) is 13.1 Å². The number of carboxylic acid groups (broad SMARTS) is 1. The molecule has 0 bridgehead atoms. The predicted molar refractivity (Wildman–Crippen MR) is 59.5 cm³/mol. The summed E-state index contributed by atoms with van der Waals surface area (Å²) in [5, 5.41) is 10.7. The standard InChI is InChI=1S/C13H17NO2.Li/c15-13(16)12-6-8-14(9-7-12)10-11-4-2-1-3-5-11;/h1-5,12H,6-10H2,(H,15,16);/q;+1/p-1. The van der Waals surface area contributed by atoms with Gasteiger partial charge in [0.15, 0.2) is 0 Å². The van der Waals surface area contributed by atoms with E-state index in [4.69, 9.17) is 0 Å². The molecule has 3 nitrogen and oxygen atoms in total. The number of piperidine rings is 1. The third kappa shape index (κ3) is 4.20. The summed E-state index contributed by atoms with van der Waals surface area (Å²) in [6.45, 7) is 2.63. The van der Waals surface area contributed by atoms with Crippen molar-refractivity contribution in [3.8, 4) is 0 Å². The minimum absolute atomic E-state index is 0. The first-order valence-electron chi connectivity index (χ1n) is 5.73. The molecule has 1 saturated heterocycles. The van der Waals surface area contributed by atoms with Gasteiger partial charge in [0.2, 0.25) is 0 Å². The van der Waals surface area contributed by atoms with Crippen LogP contribution in [0.1, 0.15) is 18.4 Å². The Bertz CT molecular complexity index is 348. The number of hydrogen-bond acceptors (Lipinski definition) is 3. The first kappa shape index (κ1) is 14.3. The largest absolute Gasteiger partial charge is 1.00 e. The number of likely N-dealkylation sites (tertiary alicyclic amines) is 1. The Labute approximate surface area is 114 Å². The molecule has 1 aromatic rings. The molecule has 17 heavy (non-hydrogen) atoms. The van der Waals surface area contributed by atoms with E-state index in [9.17, 15) is 9.90 Å². The molecule has 0 aromatic heterocycles.